The third kappa shape index (κ3) is 1.98. The molecule has 17 heavy (non-hydrogen) atoms. The van der Waals surface area contributed by atoms with E-state index in [4.69, 9.17) is 5.73 Å². The standard InChI is InChI=1S/C15H22N2/c1-4-14-13(9-10-16)12-7-5-6-8-15(12)17(14)11(2)3/h5-8,11H,4,9-10,16H2,1-3H3. The van der Waals surface area contributed by atoms with Gasteiger partial charge in [-0.3, -0.25) is 0 Å². The Morgan fingerprint density at radius 3 is 2.53 bits per heavy atom. The van der Waals surface area contributed by atoms with E-state index in [2.05, 4.69) is 49.6 Å². The van der Waals surface area contributed by atoms with Gasteiger partial charge < -0.3 is 10.3 Å². The van der Waals surface area contributed by atoms with Gasteiger partial charge in [0.2, 0.25) is 0 Å². The van der Waals surface area contributed by atoms with E-state index in [9.17, 15) is 0 Å². The van der Waals surface area contributed by atoms with Gasteiger partial charge >= 0.3 is 0 Å². The van der Waals surface area contributed by atoms with E-state index in [0.29, 0.717) is 6.04 Å². The number of rotatable bonds is 4. The predicted molar refractivity (Wildman–Crippen MR) is 74.5 cm³/mol. The Labute approximate surface area is 103 Å². The molecule has 0 unspecified atom stereocenters. The van der Waals surface area contributed by atoms with Crippen LogP contribution in [0, 0.1) is 0 Å². The van der Waals surface area contributed by atoms with Gasteiger partial charge in [-0.1, -0.05) is 25.1 Å². The average molecular weight is 230 g/mol. The number of fused-ring (bicyclic) bond motifs is 1. The SMILES string of the molecule is CCc1c(CCN)c2ccccc2n1C(C)C. The first-order valence-corrected chi connectivity index (χ1v) is 6.51. The van der Waals surface area contributed by atoms with Gasteiger partial charge in [-0.05, 0) is 44.9 Å². The van der Waals surface area contributed by atoms with Crippen LogP contribution in [0.3, 0.4) is 0 Å². The smallest absolute Gasteiger partial charge is 0.0487 e. The van der Waals surface area contributed by atoms with Crippen molar-refractivity contribution in [1.82, 2.24) is 4.57 Å². The molecule has 0 atom stereocenters. The molecule has 0 aliphatic rings. The van der Waals surface area contributed by atoms with Crippen molar-refractivity contribution in [3.05, 3.63) is 35.5 Å². The van der Waals surface area contributed by atoms with Gasteiger partial charge in [0.15, 0.2) is 0 Å². The highest BCUT2D eigenvalue weighted by molar-refractivity contribution is 5.85. The molecule has 92 valence electrons. The topological polar surface area (TPSA) is 30.9 Å². The van der Waals surface area contributed by atoms with Gasteiger partial charge in [-0.2, -0.15) is 0 Å². The molecular formula is C15H22N2. The van der Waals surface area contributed by atoms with Gasteiger partial charge in [0.05, 0.1) is 0 Å². The number of benzene rings is 1. The van der Waals surface area contributed by atoms with Crippen LogP contribution < -0.4 is 5.73 Å². The third-order valence-corrected chi connectivity index (χ3v) is 3.37. The molecule has 0 amide bonds. The zero-order chi connectivity index (χ0) is 12.4. The summed E-state index contributed by atoms with van der Waals surface area (Å²) < 4.78 is 2.46. The molecule has 0 aliphatic heterocycles. The van der Waals surface area contributed by atoms with E-state index in [1.54, 1.807) is 0 Å². The molecule has 1 aromatic heterocycles. The Morgan fingerprint density at radius 1 is 1.24 bits per heavy atom. The predicted octanol–water partition coefficient (Wildman–Crippen LogP) is 3.29. The van der Waals surface area contributed by atoms with Gasteiger partial charge in [0.1, 0.15) is 0 Å². The number of nitrogens with two attached hydrogens (primary N) is 1. The lowest BCUT2D eigenvalue weighted by atomic mass is 10.1. The van der Waals surface area contributed by atoms with Crippen molar-refractivity contribution in [2.24, 2.45) is 5.73 Å². The Hall–Kier alpha value is -1.28. The van der Waals surface area contributed by atoms with Crippen LogP contribution in [0.4, 0.5) is 0 Å². The highest BCUT2D eigenvalue weighted by Gasteiger charge is 2.16. The summed E-state index contributed by atoms with van der Waals surface area (Å²) in [7, 11) is 0. The van der Waals surface area contributed by atoms with Crippen molar-refractivity contribution in [2.75, 3.05) is 6.54 Å². The lowest BCUT2D eigenvalue weighted by Crippen LogP contribution is -2.08. The summed E-state index contributed by atoms with van der Waals surface area (Å²) in [6, 6.07) is 9.17. The Morgan fingerprint density at radius 2 is 1.94 bits per heavy atom. The van der Waals surface area contributed by atoms with Crippen molar-refractivity contribution in [3.8, 4) is 0 Å². The zero-order valence-electron chi connectivity index (χ0n) is 11.0. The molecule has 2 nitrogen and oxygen atoms in total. The molecule has 2 N–H and O–H groups in total. The van der Waals surface area contributed by atoms with Crippen LogP contribution in [0.5, 0.6) is 0 Å². The lowest BCUT2D eigenvalue weighted by Gasteiger charge is -2.14. The molecule has 0 saturated heterocycles. The summed E-state index contributed by atoms with van der Waals surface area (Å²) in [5.74, 6) is 0. The van der Waals surface area contributed by atoms with Gasteiger partial charge in [0, 0.05) is 22.6 Å². The molecule has 0 spiro atoms. The molecular weight excluding hydrogens is 208 g/mol. The minimum atomic E-state index is 0.501. The van der Waals surface area contributed by atoms with Crippen LogP contribution in [-0.2, 0) is 12.8 Å². The normalized spacial score (nSPS) is 11.6. The number of nitrogens with zero attached hydrogens (tertiary/aromatic N) is 1. The first-order valence-electron chi connectivity index (χ1n) is 6.51. The van der Waals surface area contributed by atoms with E-state index < -0.39 is 0 Å². The fourth-order valence-corrected chi connectivity index (χ4v) is 2.78. The third-order valence-electron chi connectivity index (χ3n) is 3.37. The van der Waals surface area contributed by atoms with Crippen LogP contribution in [-0.4, -0.2) is 11.1 Å². The van der Waals surface area contributed by atoms with E-state index in [1.807, 2.05) is 0 Å². The molecule has 1 aromatic carbocycles. The zero-order valence-corrected chi connectivity index (χ0v) is 11.0. The Bertz CT molecular complexity index is 509. The molecule has 0 bridgehead atoms. The van der Waals surface area contributed by atoms with Crippen LogP contribution in [0.2, 0.25) is 0 Å². The maximum Gasteiger partial charge on any atom is 0.0487 e. The van der Waals surface area contributed by atoms with E-state index in [1.165, 1.54) is 22.2 Å². The van der Waals surface area contributed by atoms with E-state index >= 15 is 0 Å². The lowest BCUT2D eigenvalue weighted by molar-refractivity contribution is 0.594. The number of aromatic nitrogens is 1. The van der Waals surface area contributed by atoms with Crippen molar-refractivity contribution in [2.45, 2.75) is 39.7 Å². The molecule has 0 saturated carbocycles. The minimum absolute atomic E-state index is 0.501. The van der Waals surface area contributed by atoms with Crippen LogP contribution in [0.25, 0.3) is 10.9 Å². The maximum absolute atomic E-state index is 5.75. The van der Waals surface area contributed by atoms with E-state index in [-0.39, 0.29) is 0 Å². The summed E-state index contributed by atoms with van der Waals surface area (Å²) in [5.41, 5.74) is 10.00. The minimum Gasteiger partial charge on any atom is -0.342 e. The second kappa shape index (κ2) is 4.92. The number of hydrogen-bond donors (Lipinski definition) is 1. The fourth-order valence-electron chi connectivity index (χ4n) is 2.78. The summed E-state index contributed by atoms with van der Waals surface area (Å²) >= 11 is 0. The van der Waals surface area contributed by atoms with Gasteiger partial charge in [-0.25, -0.2) is 0 Å². The first-order chi connectivity index (χ1) is 8.20. The molecule has 0 radical (unpaired) electrons. The van der Waals surface area contributed by atoms with Crippen molar-refractivity contribution in [1.29, 1.82) is 0 Å². The quantitative estimate of drug-likeness (QED) is 0.858. The van der Waals surface area contributed by atoms with Crippen molar-refractivity contribution < 1.29 is 0 Å². The second-order valence-electron chi connectivity index (χ2n) is 4.80. The van der Waals surface area contributed by atoms with Crippen LogP contribution in [0.1, 0.15) is 38.1 Å². The monoisotopic (exact) mass is 230 g/mol. The van der Waals surface area contributed by atoms with Gasteiger partial charge in [-0.15, -0.1) is 0 Å². The summed E-state index contributed by atoms with van der Waals surface area (Å²) in [5, 5.41) is 1.38. The molecule has 1 heterocycles. The summed E-state index contributed by atoms with van der Waals surface area (Å²) in [4.78, 5) is 0. The van der Waals surface area contributed by atoms with Crippen LogP contribution in [0.15, 0.2) is 24.3 Å². The Kier molecular flexibility index (Phi) is 3.53. The summed E-state index contributed by atoms with van der Waals surface area (Å²) in [6.07, 6.45) is 2.05. The first kappa shape index (κ1) is 12.2. The van der Waals surface area contributed by atoms with Crippen LogP contribution >= 0.6 is 0 Å². The maximum atomic E-state index is 5.75. The van der Waals surface area contributed by atoms with Crippen molar-refractivity contribution >= 4 is 10.9 Å². The Balaban J connectivity index is 2.77. The van der Waals surface area contributed by atoms with Crippen molar-refractivity contribution in [3.63, 3.8) is 0 Å². The van der Waals surface area contributed by atoms with Gasteiger partial charge in [0.25, 0.3) is 0 Å². The molecule has 2 aromatic rings. The largest absolute Gasteiger partial charge is 0.342 e. The number of para-hydroxylation sites is 1. The number of hydrogen-bond acceptors (Lipinski definition) is 1. The highest BCUT2D eigenvalue weighted by Crippen LogP contribution is 2.29. The average Bonchev–Trinajstić information content (AvgIpc) is 2.64. The molecule has 2 heteroatoms. The molecule has 0 aliphatic carbocycles. The molecule has 2 rings (SSSR count). The fraction of sp³-hybridized carbons (Fsp3) is 0.467. The molecule has 0 fully saturated rings. The van der Waals surface area contributed by atoms with E-state index in [0.717, 1.165) is 19.4 Å². The highest BCUT2D eigenvalue weighted by atomic mass is 15.0. The summed E-state index contributed by atoms with van der Waals surface area (Å²) in [6.45, 7) is 7.45. The second-order valence-corrected chi connectivity index (χ2v) is 4.80.